The Bertz CT molecular complexity index is 402. The molecule has 3 saturated heterocycles. The van der Waals surface area contributed by atoms with Gasteiger partial charge in [0.25, 0.3) is 0 Å². The van der Waals surface area contributed by atoms with Crippen LogP contribution in [0.15, 0.2) is 0 Å². The highest BCUT2D eigenvalue weighted by Gasteiger charge is 2.42. The summed E-state index contributed by atoms with van der Waals surface area (Å²) in [6.45, 7) is 1.18. The third-order valence-corrected chi connectivity index (χ3v) is 4.31. The Balaban J connectivity index is 1.58. The number of hydrogen-bond donors (Lipinski definition) is 2. The van der Waals surface area contributed by atoms with Gasteiger partial charge < -0.3 is 24.8 Å². The first-order valence-electron chi connectivity index (χ1n) is 7.15. The normalized spacial score (nSPS) is 36.1. The van der Waals surface area contributed by atoms with Crippen LogP contribution in [0.2, 0.25) is 0 Å². The molecule has 2 amide bonds. The first-order valence-corrected chi connectivity index (χ1v) is 7.15. The van der Waals surface area contributed by atoms with Crippen LogP contribution in [0.3, 0.4) is 0 Å². The number of nitrogens with zero attached hydrogens (tertiary/aromatic N) is 1. The average molecular weight is 284 g/mol. The quantitative estimate of drug-likeness (QED) is 0.772. The lowest BCUT2D eigenvalue weighted by Crippen LogP contribution is -2.56. The Morgan fingerprint density at radius 3 is 2.85 bits per heavy atom. The van der Waals surface area contributed by atoms with E-state index >= 15 is 0 Å². The Labute approximate surface area is 117 Å². The molecule has 0 aromatic rings. The van der Waals surface area contributed by atoms with Crippen LogP contribution in [0, 0.1) is 0 Å². The summed E-state index contributed by atoms with van der Waals surface area (Å²) in [6.07, 6.45) is 3.27. The molecule has 3 heterocycles. The van der Waals surface area contributed by atoms with Crippen molar-refractivity contribution in [2.75, 3.05) is 19.8 Å². The molecule has 0 aromatic heterocycles. The van der Waals surface area contributed by atoms with Gasteiger partial charge in [-0.3, -0.25) is 4.79 Å². The Hall–Kier alpha value is -1.34. The topological polar surface area (TPSA) is 88.1 Å². The van der Waals surface area contributed by atoms with E-state index < -0.39 is 5.97 Å². The van der Waals surface area contributed by atoms with Crippen LogP contribution in [-0.4, -0.2) is 66.1 Å². The van der Waals surface area contributed by atoms with Crippen molar-refractivity contribution in [3.63, 3.8) is 0 Å². The molecule has 2 N–H and O–H groups in total. The van der Waals surface area contributed by atoms with Crippen LogP contribution in [0.5, 0.6) is 0 Å². The van der Waals surface area contributed by atoms with E-state index in [2.05, 4.69) is 5.32 Å². The minimum Gasteiger partial charge on any atom is -0.481 e. The number of fused-ring (bicyclic) bond motifs is 2. The fourth-order valence-electron chi connectivity index (χ4n) is 3.32. The van der Waals surface area contributed by atoms with E-state index in [0.717, 1.165) is 19.3 Å². The van der Waals surface area contributed by atoms with Gasteiger partial charge in [-0.05, 0) is 19.3 Å². The first-order chi connectivity index (χ1) is 9.63. The number of aliphatic carboxylic acids is 1. The third kappa shape index (κ3) is 2.73. The minimum absolute atomic E-state index is 0.0644. The molecule has 7 heteroatoms. The van der Waals surface area contributed by atoms with Crippen molar-refractivity contribution in [2.45, 2.75) is 50.0 Å². The van der Waals surface area contributed by atoms with E-state index in [0.29, 0.717) is 13.2 Å². The van der Waals surface area contributed by atoms with E-state index in [1.54, 1.807) is 4.90 Å². The second-order valence-corrected chi connectivity index (χ2v) is 5.69. The van der Waals surface area contributed by atoms with E-state index in [1.807, 2.05) is 0 Å². The molecule has 112 valence electrons. The van der Waals surface area contributed by atoms with Crippen LogP contribution < -0.4 is 5.32 Å². The van der Waals surface area contributed by atoms with Gasteiger partial charge in [-0.1, -0.05) is 0 Å². The maximum absolute atomic E-state index is 12.3. The predicted molar refractivity (Wildman–Crippen MR) is 68.4 cm³/mol. The lowest BCUT2D eigenvalue weighted by Gasteiger charge is -2.36. The second-order valence-electron chi connectivity index (χ2n) is 5.69. The summed E-state index contributed by atoms with van der Waals surface area (Å²) in [5.74, 6) is -0.915. The SMILES string of the molecule is O=C(O)CC1COCCN1C(=O)NC1CC2CCC1O2. The number of amides is 2. The van der Waals surface area contributed by atoms with Crippen molar-refractivity contribution >= 4 is 12.0 Å². The number of rotatable bonds is 3. The zero-order valence-corrected chi connectivity index (χ0v) is 11.3. The van der Waals surface area contributed by atoms with Crippen molar-refractivity contribution in [1.29, 1.82) is 0 Å². The summed E-state index contributed by atoms with van der Waals surface area (Å²) in [4.78, 5) is 24.8. The number of nitrogens with one attached hydrogen (secondary N) is 1. The van der Waals surface area contributed by atoms with Gasteiger partial charge in [0, 0.05) is 6.54 Å². The lowest BCUT2D eigenvalue weighted by atomic mass is 9.95. The number of morpholine rings is 1. The number of urea groups is 1. The van der Waals surface area contributed by atoms with Crippen LogP contribution in [-0.2, 0) is 14.3 Å². The maximum Gasteiger partial charge on any atom is 0.318 e. The number of carbonyl (C=O) groups is 2. The molecule has 7 nitrogen and oxygen atoms in total. The largest absolute Gasteiger partial charge is 0.481 e. The van der Waals surface area contributed by atoms with Crippen molar-refractivity contribution in [3.8, 4) is 0 Å². The molecule has 3 fully saturated rings. The molecular formula is C13H20N2O5. The van der Waals surface area contributed by atoms with Gasteiger partial charge in [0.2, 0.25) is 0 Å². The van der Waals surface area contributed by atoms with Crippen LogP contribution in [0.25, 0.3) is 0 Å². The molecule has 0 saturated carbocycles. The summed E-state index contributed by atoms with van der Waals surface area (Å²) in [6, 6.07) is -0.518. The fourth-order valence-corrected chi connectivity index (χ4v) is 3.32. The Morgan fingerprint density at radius 1 is 1.35 bits per heavy atom. The summed E-state index contributed by atoms with van der Waals surface area (Å²) < 4.78 is 11.0. The number of ether oxygens (including phenoxy) is 2. The molecule has 3 aliphatic heterocycles. The lowest BCUT2D eigenvalue weighted by molar-refractivity contribution is -0.139. The molecule has 0 aromatic carbocycles. The highest BCUT2D eigenvalue weighted by atomic mass is 16.5. The average Bonchev–Trinajstić information content (AvgIpc) is 3.00. The summed E-state index contributed by atoms with van der Waals surface area (Å²) in [5.41, 5.74) is 0. The van der Waals surface area contributed by atoms with Gasteiger partial charge in [0.1, 0.15) is 0 Å². The van der Waals surface area contributed by atoms with E-state index in [4.69, 9.17) is 14.6 Å². The molecule has 3 aliphatic rings. The van der Waals surface area contributed by atoms with Gasteiger partial charge in [-0.2, -0.15) is 0 Å². The predicted octanol–water partition coefficient (Wildman–Crippen LogP) is 0.191. The van der Waals surface area contributed by atoms with E-state index in [-0.39, 0.29) is 43.4 Å². The van der Waals surface area contributed by atoms with Crippen molar-refractivity contribution < 1.29 is 24.2 Å². The molecule has 2 bridgehead atoms. The summed E-state index contributed by atoms with van der Waals surface area (Å²) >= 11 is 0. The summed E-state index contributed by atoms with van der Waals surface area (Å²) in [5, 5.41) is 11.9. The molecular weight excluding hydrogens is 264 g/mol. The van der Waals surface area contributed by atoms with Crippen molar-refractivity contribution in [3.05, 3.63) is 0 Å². The number of carboxylic acid groups (broad SMARTS) is 1. The highest BCUT2D eigenvalue weighted by molar-refractivity contribution is 5.76. The molecule has 0 spiro atoms. The fraction of sp³-hybridized carbons (Fsp3) is 0.846. The molecule has 4 unspecified atom stereocenters. The standard InChI is InChI=1S/C13H20N2O5/c16-12(17)5-8-7-19-4-3-15(8)13(18)14-10-6-9-1-2-11(10)20-9/h8-11H,1-7H2,(H,14,18)(H,16,17). The number of carboxylic acids is 1. The van der Waals surface area contributed by atoms with Crippen LogP contribution in [0.4, 0.5) is 4.79 Å². The zero-order chi connectivity index (χ0) is 14.1. The van der Waals surface area contributed by atoms with Gasteiger partial charge in [-0.25, -0.2) is 4.79 Å². The van der Waals surface area contributed by atoms with Crippen LogP contribution >= 0.6 is 0 Å². The third-order valence-electron chi connectivity index (χ3n) is 4.31. The summed E-state index contributed by atoms with van der Waals surface area (Å²) in [7, 11) is 0. The second kappa shape index (κ2) is 5.57. The number of hydrogen-bond acceptors (Lipinski definition) is 4. The van der Waals surface area contributed by atoms with Crippen molar-refractivity contribution in [1.82, 2.24) is 10.2 Å². The molecule has 20 heavy (non-hydrogen) atoms. The monoisotopic (exact) mass is 284 g/mol. The van der Waals surface area contributed by atoms with E-state index in [1.165, 1.54) is 0 Å². The van der Waals surface area contributed by atoms with Gasteiger partial charge in [0.05, 0.1) is 43.9 Å². The number of carbonyl (C=O) groups excluding carboxylic acids is 1. The van der Waals surface area contributed by atoms with E-state index in [9.17, 15) is 9.59 Å². The molecule has 4 atom stereocenters. The van der Waals surface area contributed by atoms with Gasteiger partial charge in [-0.15, -0.1) is 0 Å². The molecule has 0 aliphatic carbocycles. The highest BCUT2D eigenvalue weighted by Crippen LogP contribution is 2.34. The zero-order valence-electron chi connectivity index (χ0n) is 11.3. The minimum atomic E-state index is -0.915. The maximum atomic E-state index is 12.3. The van der Waals surface area contributed by atoms with Crippen molar-refractivity contribution in [2.24, 2.45) is 0 Å². The van der Waals surface area contributed by atoms with Gasteiger partial charge >= 0.3 is 12.0 Å². The first kappa shape index (κ1) is 13.6. The Kier molecular flexibility index (Phi) is 3.80. The Morgan fingerprint density at radius 2 is 2.20 bits per heavy atom. The smallest absolute Gasteiger partial charge is 0.318 e. The molecule has 3 rings (SSSR count). The van der Waals surface area contributed by atoms with Gasteiger partial charge in [0.15, 0.2) is 0 Å². The molecule has 0 radical (unpaired) electrons. The van der Waals surface area contributed by atoms with Crippen LogP contribution in [0.1, 0.15) is 25.7 Å².